The molecule has 0 aliphatic rings. The van der Waals surface area contributed by atoms with Gasteiger partial charge in [-0.05, 0) is 23.8 Å². The number of ether oxygens (including phenoxy) is 1. The minimum atomic E-state index is -0.223. The number of hydrogen-bond donors (Lipinski definition) is 1. The van der Waals surface area contributed by atoms with Gasteiger partial charge in [0.15, 0.2) is 0 Å². The number of nitrogens with one attached hydrogen (secondary N) is 1. The third kappa shape index (κ3) is 3.26. The molecule has 0 bridgehead atoms. The molecule has 1 heterocycles. The first-order chi connectivity index (χ1) is 9.60. The van der Waals surface area contributed by atoms with Crippen LogP contribution in [0.3, 0.4) is 0 Å². The molecule has 20 heavy (non-hydrogen) atoms. The standard InChI is InChI=1S/C15H16N2O3/c1-17(10-11-3-6-13(20-2)7-4-11)15(19)12-5-8-14(18)16-9-12/h3-9H,10H2,1-2H3,(H,16,18). The van der Waals surface area contributed by atoms with E-state index in [2.05, 4.69) is 4.98 Å². The van der Waals surface area contributed by atoms with Crippen LogP contribution in [0.1, 0.15) is 15.9 Å². The van der Waals surface area contributed by atoms with E-state index in [9.17, 15) is 9.59 Å². The molecule has 5 nitrogen and oxygen atoms in total. The molecule has 0 spiro atoms. The van der Waals surface area contributed by atoms with Crippen LogP contribution in [0.2, 0.25) is 0 Å². The van der Waals surface area contributed by atoms with Crippen LogP contribution < -0.4 is 10.3 Å². The summed E-state index contributed by atoms with van der Waals surface area (Å²) in [6, 6.07) is 10.4. The molecule has 0 radical (unpaired) electrons. The smallest absolute Gasteiger partial charge is 0.255 e. The van der Waals surface area contributed by atoms with E-state index in [1.807, 2.05) is 24.3 Å². The Hall–Kier alpha value is -2.56. The second-order valence-electron chi connectivity index (χ2n) is 4.45. The Morgan fingerprint density at radius 2 is 1.90 bits per heavy atom. The van der Waals surface area contributed by atoms with Crippen molar-refractivity contribution in [3.63, 3.8) is 0 Å². The molecule has 0 aliphatic carbocycles. The Morgan fingerprint density at radius 1 is 1.20 bits per heavy atom. The lowest BCUT2D eigenvalue weighted by atomic mass is 10.2. The fraction of sp³-hybridized carbons (Fsp3) is 0.200. The van der Waals surface area contributed by atoms with Crippen LogP contribution in [0.15, 0.2) is 47.4 Å². The van der Waals surface area contributed by atoms with Crippen molar-refractivity contribution in [1.82, 2.24) is 9.88 Å². The third-order valence-corrected chi connectivity index (χ3v) is 2.96. The molecule has 0 atom stereocenters. The van der Waals surface area contributed by atoms with Crippen molar-refractivity contribution in [2.24, 2.45) is 0 Å². The van der Waals surface area contributed by atoms with Gasteiger partial charge in [0, 0.05) is 25.9 Å². The summed E-state index contributed by atoms with van der Waals surface area (Å²) < 4.78 is 5.09. The molecule has 2 rings (SSSR count). The number of methoxy groups -OCH3 is 1. The highest BCUT2D eigenvalue weighted by Crippen LogP contribution is 2.13. The van der Waals surface area contributed by atoms with Crippen LogP contribution in [-0.4, -0.2) is 29.9 Å². The van der Waals surface area contributed by atoms with E-state index < -0.39 is 0 Å². The molecule has 1 N–H and O–H groups in total. The van der Waals surface area contributed by atoms with Gasteiger partial charge in [0.05, 0.1) is 12.7 Å². The maximum absolute atomic E-state index is 12.2. The number of aromatic amines is 1. The van der Waals surface area contributed by atoms with E-state index >= 15 is 0 Å². The molecule has 0 saturated heterocycles. The van der Waals surface area contributed by atoms with E-state index in [0.717, 1.165) is 11.3 Å². The summed E-state index contributed by atoms with van der Waals surface area (Å²) in [7, 11) is 3.33. The molecule has 1 amide bonds. The summed E-state index contributed by atoms with van der Waals surface area (Å²) in [6.07, 6.45) is 1.43. The number of nitrogens with zero attached hydrogens (tertiary/aromatic N) is 1. The van der Waals surface area contributed by atoms with E-state index in [-0.39, 0.29) is 11.5 Å². The third-order valence-electron chi connectivity index (χ3n) is 2.96. The Labute approximate surface area is 116 Å². The van der Waals surface area contributed by atoms with Crippen molar-refractivity contribution < 1.29 is 9.53 Å². The van der Waals surface area contributed by atoms with Gasteiger partial charge in [-0.2, -0.15) is 0 Å². The highest BCUT2D eigenvalue weighted by Gasteiger charge is 2.12. The Morgan fingerprint density at radius 3 is 2.45 bits per heavy atom. The fourth-order valence-corrected chi connectivity index (χ4v) is 1.84. The summed E-state index contributed by atoms with van der Waals surface area (Å²) in [4.78, 5) is 27.2. The molecule has 1 aromatic heterocycles. The van der Waals surface area contributed by atoms with Gasteiger partial charge in [-0.1, -0.05) is 12.1 Å². The predicted molar refractivity (Wildman–Crippen MR) is 75.9 cm³/mol. The first-order valence-corrected chi connectivity index (χ1v) is 6.17. The predicted octanol–water partition coefficient (Wildman–Crippen LogP) is 1.66. The maximum Gasteiger partial charge on any atom is 0.255 e. The van der Waals surface area contributed by atoms with Crippen molar-refractivity contribution in [2.45, 2.75) is 6.54 Å². The second kappa shape index (κ2) is 6.06. The van der Waals surface area contributed by atoms with Gasteiger partial charge in [0.2, 0.25) is 5.56 Å². The first-order valence-electron chi connectivity index (χ1n) is 6.17. The topological polar surface area (TPSA) is 62.4 Å². The van der Waals surface area contributed by atoms with Gasteiger partial charge in [-0.25, -0.2) is 0 Å². The van der Waals surface area contributed by atoms with E-state index in [1.54, 1.807) is 19.1 Å². The number of pyridine rings is 1. The number of carbonyl (C=O) groups is 1. The number of hydrogen-bond acceptors (Lipinski definition) is 3. The van der Waals surface area contributed by atoms with Crippen molar-refractivity contribution in [1.29, 1.82) is 0 Å². The Kier molecular flexibility index (Phi) is 4.20. The van der Waals surface area contributed by atoms with Crippen molar-refractivity contribution >= 4 is 5.91 Å². The van der Waals surface area contributed by atoms with Crippen molar-refractivity contribution in [3.05, 3.63) is 64.1 Å². The van der Waals surface area contributed by atoms with Gasteiger partial charge in [0.1, 0.15) is 5.75 Å². The molecule has 0 unspecified atom stereocenters. The summed E-state index contributed by atoms with van der Waals surface area (Å²) in [5, 5.41) is 0. The average Bonchev–Trinajstić information content (AvgIpc) is 2.48. The van der Waals surface area contributed by atoms with Crippen molar-refractivity contribution in [2.75, 3.05) is 14.2 Å². The highest BCUT2D eigenvalue weighted by atomic mass is 16.5. The van der Waals surface area contributed by atoms with Gasteiger partial charge >= 0.3 is 0 Å². The minimum Gasteiger partial charge on any atom is -0.497 e. The summed E-state index contributed by atoms with van der Waals surface area (Å²) >= 11 is 0. The average molecular weight is 272 g/mol. The Bertz CT molecular complexity index is 626. The summed E-state index contributed by atoms with van der Waals surface area (Å²) in [5.41, 5.74) is 1.24. The van der Waals surface area contributed by atoms with E-state index in [4.69, 9.17) is 4.74 Å². The molecule has 1 aromatic carbocycles. The molecular weight excluding hydrogens is 256 g/mol. The lowest BCUT2D eigenvalue weighted by Crippen LogP contribution is -2.26. The minimum absolute atomic E-state index is 0.142. The second-order valence-corrected chi connectivity index (χ2v) is 4.45. The van der Waals surface area contributed by atoms with Gasteiger partial charge < -0.3 is 14.6 Å². The van der Waals surface area contributed by atoms with E-state index in [0.29, 0.717) is 12.1 Å². The number of aromatic nitrogens is 1. The number of amides is 1. The van der Waals surface area contributed by atoms with Crippen LogP contribution in [0.25, 0.3) is 0 Å². The molecule has 0 fully saturated rings. The number of H-pyrrole nitrogens is 1. The molecule has 0 saturated carbocycles. The normalized spacial score (nSPS) is 10.1. The highest BCUT2D eigenvalue weighted by molar-refractivity contribution is 5.93. The molecule has 5 heteroatoms. The SMILES string of the molecule is COc1ccc(CN(C)C(=O)c2ccc(=O)[nH]c2)cc1. The molecular formula is C15H16N2O3. The summed E-state index contributed by atoms with van der Waals surface area (Å²) in [5.74, 6) is 0.639. The van der Waals surface area contributed by atoms with Crippen LogP contribution >= 0.6 is 0 Å². The zero-order chi connectivity index (χ0) is 14.5. The lowest BCUT2D eigenvalue weighted by Gasteiger charge is -2.17. The van der Waals surface area contributed by atoms with Crippen LogP contribution in [0.4, 0.5) is 0 Å². The number of carbonyl (C=O) groups excluding carboxylic acids is 1. The van der Waals surface area contributed by atoms with E-state index in [1.165, 1.54) is 18.3 Å². The fourth-order valence-electron chi connectivity index (χ4n) is 1.84. The lowest BCUT2D eigenvalue weighted by molar-refractivity contribution is 0.0784. The van der Waals surface area contributed by atoms with Crippen LogP contribution in [-0.2, 0) is 6.54 Å². The Balaban J connectivity index is 2.06. The van der Waals surface area contributed by atoms with Crippen molar-refractivity contribution in [3.8, 4) is 5.75 Å². The number of rotatable bonds is 4. The van der Waals surface area contributed by atoms with Gasteiger partial charge in [-0.15, -0.1) is 0 Å². The van der Waals surface area contributed by atoms with Crippen LogP contribution in [0, 0.1) is 0 Å². The zero-order valence-electron chi connectivity index (χ0n) is 11.4. The monoisotopic (exact) mass is 272 g/mol. The molecule has 104 valence electrons. The zero-order valence-corrected chi connectivity index (χ0v) is 11.4. The summed E-state index contributed by atoms with van der Waals surface area (Å²) in [6.45, 7) is 0.488. The molecule has 2 aromatic rings. The number of benzene rings is 1. The van der Waals surface area contributed by atoms with Gasteiger partial charge in [-0.3, -0.25) is 9.59 Å². The van der Waals surface area contributed by atoms with Gasteiger partial charge in [0.25, 0.3) is 5.91 Å². The molecule has 0 aliphatic heterocycles. The first kappa shape index (κ1) is 13.9. The maximum atomic E-state index is 12.2. The quantitative estimate of drug-likeness (QED) is 0.920. The largest absolute Gasteiger partial charge is 0.497 e. The van der Waals surface area contributed by atoms with Crippen LogP contribution in [0.5, 0.6) is 5.75 Å².